The number of nitrogens with zero attached hydrogens (tertiary/aromatic N) is 1. The second-order valence-corrected chi connectivity index (χ2v) is 6.62. The third kappa shape index (κ3) is 2.37. The molecule has 0 fully saturated rings. The first-order valence-electron chi connectivity index (χ1n) is 7.49. The maximum absolute atomic E-state index is 13.3. The Bertz CT molecular complexity index is 1130. The van der Waals surface area contributed by atoms with E-state index in [1.54, 1.807) is 12.1 Å². The number of allylic oxidation sites excluding steroid dienone is 1. The number of hydrogen-bond donors (Lipinski definition) is 1. The van der Waals surface area contributed by atoms with Crippen LogP contribution in [0, 0.1) is 17.1 Å². The summed E-state index contributed by atoms with van der Waals surface area (Å²) in [7, 11) is 0. The third-order valence-corrected chi connectivity index (χ3v) is 5.16. The molecule has 0 bridgehead atoms. The SMILES string of the molecule is N#CC1=C(N)Oc2c(c(=O)sc3ccccc23)[C@@H]1c1ccc(F)cc1. The molecule has 1 aliphatic rings. The molecule has 4 nitrogen and oxygen atoms in total. The highest BCUT2D eigenvalue weighted by atomic mass is 32.1. The number of hydrogen-bond acceptors (Lipinski definition) is 5. The van der Waals surface area contributed by atoms with E-state index in [2.05, 4.69) is 0 Å². The predicted molar refractivity (Wildman–Crippen MR) is 93.8 cm³/mol. The minimum atomic E-state index is -0.678. The van der Waals surface area contributed by atoms with Crippen molar-refractivity contribution >= 4 is 21.4 Å². The van der Waals surface area contributed by atoms with Crippen molar-refractivity contribution in [3.63, 3.8) is 0 Å². The van der Waals surface area contributed by atoms with E-state index >= 15 is 0 Å². The molecule has 1 aromatic heterocycles. The lowest BCUT2D eigenvalue weighted by molar-refractivity contribution is 0.398. The molecule has 2 aromatic carbocycles. The van der Waals surface area contributed by atoms with Crippen LogP contribution in [0.15, 0.2) is 64.8 Å². The molecule has 4 rings (SSSR count). The molecule has 0 saturated heterocycles. The minimum Gasteiger partial charge on any atom is -0.439 e. The Morgan fingerprint density at radius 1 is 1.16 bits per heavy atom. The summed E-state index contributed by atoms with van der Waals surface area (Å²) in [6.07, 6.45) is 0. The summed E-state index contributed by atoms with van der Waals surface area (Å²) in [5.74, 6) is -0.742. The van der Waals surface area contributed by atoms with Crippen LogP contribution in [-0.2, 0) is 0 Å². The molecular weight excluding hydrogens is 339 g/mol. The second-order valence-electron chi connectivity index (χ2n) is 5.60. The molecule has 2 heterocycles. The van der Waals surface area contributed by atoms with Crippen LogP contribution in [-0.4, -0.2) is 0 Å². The van der Waals surface area contributed by atoms with Crippen molar-refractivity contribution in [3.8, 4) is 11.8 Å². The van der Waals surface area contributed by atoms with E-state index in [1.165, 1.54) is 12.1 Å². The Morgan fingerprint density at radius 3 is 2.60 bits per heavy atom. The van der Waals surface area contributed by atoms with Gasteiger partial charge in [-0.2, -0.15) is 5.26 Å². The summed E-state index contributed by atoms with van der Waals surface area (Å²) in [6.45, 7) is 0. The zero-order valence-corrected chi connectivity index (χ0v) is 13.6. The summed E-state index contributed by atoms with van der Waals surface area (Å²) in [6, 6.07) is 15.1. The Kier molecular flexibility index (Phi) is 3.52. The molecule has 0 radical (unpaired) electrons. The van der Waals surface area contributed by atoms with Gasteiger partial charge in [0.15, 0.2) is 0 Å². The lowest BCUT2D eigenvalue weighted by Gasteiger charge is -2.26. The maximum Gasteiger partial charge on any atom is 0.240 e. The van der Waals surface area contributed by atoms with Crippen LogP contribution in [0.4, 0.5) is 4.39 Å². The van der Waals surface area contributed by atoms with Crippen molar-refractivity contribution in [1.82, 2.24) is 0 Å². The summed E-state index contributed by atoms with van der Waals surface area (Å²) in [4.78, 5) is 12.8. The van der Waals surface area contributed by atoms with E-state index in [-0.39, 0.29) is 16.2 Å². The summed E-state index contributed by atoms with van der Waals surface area (Å²) in [5, 5.41) is 10.3. The van der Waals surface area contributed by atoms with Gasteiger partial charge in [0.1, 0.15) is 23.2 Å². The Morgan fingerprint density at radius 2 is 1.88 bits per heavy atom. The summed E-state index contributed by atoms with van der Waals surface area (Å²) in [5.41, 5.74) is 7.09. The number of halogens is 1. The molecule has 0 aliphatic carbocycles. The van der Waals surface area contributed by atoms with Gasteiger partial charge in [-0.15, -0.1) is 0 Å². The highest BCUT2D eigenvalue weighted by Crippen LogP contribution is 2.44. The fourth-order valence-electron chi connectivity index (χ4n) is 3.05. The highest BCUT2D eigenvalue weighted by Gasteiger charge is 2.34. The molecule has 6 heteroatoms. The van der Waals surface area contributed by atoms with Gasteiger partial charge in [-0.05, 0) is 29.8 Å². The average molecular weight is 350 g/mol. The lowest BCUT2D eigenvalue weighted by Crippen LogP contribution is -2.25. The van der Waals surface area contributed by atoms with Crippen LogP contribution in [0.5, 0.6) is 5.75 Å². The van der Waals surface area contributed by atoms with Crippen molar-refractivity contribution < 1.29 is 9.13 Å². The van der Waals surface area contributed by atoms with Crippen LogP contribution in [0.25, 0.3) is 10.1 Å². The lowest BCUT2D eigenvalue weighted by atomic mass is 9.84. The summed E-state index contributed by atoms with van der Waals surface area (Å²) < 4.78 is 19.5. The van der Waals surface area contributed by atoms with E-state index < -0.39 is 11.7 Å². The number of benzene rings is 2. The van der Waals surface area contributed by atoms with Crippen molar-refractivity contribution in [2.45, 2.75) is 5.92 Å². The fourth-order valence-corrected chi connectivity index (χ4v) is 3.99. The normalized spacial score (nSPS) is 16.2. The van der Waals surface area contributed by atoms with Gasteiger partial charge >= 0.3 is 0 Å². The quantitative estimate of drug-likeness (QED) is 0.727. The van der Waals surface area contributed by atoms with Crippen molar-refractivity contribution in [1.29, 1.82) is 5.26 Å². The van der Waals surface area contributed by atoms with E-state index in [0.29, 0.717) is 16.9 Å². The first-order valence-corrected chi connectivity index (χ1v) is 8.30. The van der Waals surface area contributed by atoms with Gasteiger partial charge in [0, 0.05) is 10.1 Å². The zero-order valence-electron chi connectivity index (χ0n) is 12.8. The Labute approximate surface area is 146 Å². The number of nitrogens with two attached hydrogens (primary N) is 1. The molecule has 0 amide bonds. The van der Waals surface area contributed by atoms with Gasteiger partial charge < -0.3 is 10.5 Å². The molecule has 1 atom stereocenters. The Balaban J connectivity index is 2.08. The highest BCUT2D eigenvalue weighted by molar-refractivity contribution is 7.16. The molecule has 0 unspecified atom stereocenters. The first kappa shape index (κ1) is 15.4. The van der Waals surface area contributed by atoms with Crippen LogP contribution in [0.1, 0.15) is 17.0 Å². The molecule has 0 spiro atoms. The smallest absolute Gasteiger partial charge is 0.240 e. The summed E-state index contributed by atoms with van der Waals surface area (Å²) >= 11 is 1.09. The van der Waals surface area contributed by atoms with Crippen LogP contribution < -0.4 is 15.2 Å². The molecule has 25 heavy (non-hydrogen) atoms. The minimum absolute atomic E-state index is 0.0370. The van der Waals surface area contributed by atoms with Gasteiger partial charge in [-0.3, -0.25) is 4.79 Å². The predicted octanol–water partition coefficient (Wildman–Crippen LogP) is 3.62. The standard InChI is InChI=1S/C19H11FN2O2S/c20-11-7-5-10(6-8-11)15-13(9-21)18(22)24-17-12-3-1-2-4-14(12)25-19(23)16(15)17/h1-8,15H,22H2/t15-/m1/s1. The molecule has 3 aromatic rings. The molecule has 1 aliphatic heterocycles. The van der Waals surface area contributed by atoms with Gasteiger partial charge in [0.2, 0.25) is 10.6 Å². The van der Waals surface area contributed by atoms with E-state index in [0.717, 1.165) is 21.4 Å². The van der Waals surface area contributed by atoms with Gasteiger partial charge in [-0.1, -0.05) is 35.6 Å². The second kappa shape index (κ2) is 5.72. The number of ether oxygens (including phenoxy) is 1. The third-order valence-electron chi connectivity index (χ3n) is 4.18. The maximum atomic E-state index is 13.3. The van der Waals surface area contributed by atoms with Gasteiger partial charge in [0.05, 0.1) is 11.5 Å². The molecule has 2 N–H and O–H groups in total. The van der Waals surface area contributed by atoms with Crippen molar-refractivity contribution in [3.05, 3.63) is 86.5 Å². The largest absolute Gasteiger partial charge is 0.439 e. The number of rotatable bonds is 1. The topological polar surface area (TPSA) is 76.1 Å². The number of nitriles is 1. The monoisotopic (exact) mass is 350 g/mol. The van der Waals surface area contributed by atoms with E-state index in [9.17, 15) is 14.4 Å². The van der Waals surface area contributed by atoms with Gasteiger partial charge in [-0.25, -0.2) is 4.39 Å². The van der Waals surface area contributed by atoms with Gasteiger partial charge in [0.25, 0.3) is 0 Å². The van der Waals surface area contributed by atoms with Crippen LogP contribution in [0.3, 0.4) is 0 Å². The number of fused-ring (bicyclic) bond motifs is 3. The average Bonchev–Trinajstić information content (AvgIpc) is 2.61. The van der Waals surface area contributed by atoms with Crippen molar-refractivity contribution in [2.75, 3.05) is 0 Å². The molecule has 122 valence electrons. The van der Waals surface area contributed by atoms with Crippen LogP contribution >= 0.6 is 11.3 Å². The van der Waals surface area contributed by atoms with Crippen molar-refractivity contribution in [2.24, 2.45) is 5.73 Å². The Hall–Kier alpha value is -3.17. The molecule has 0 saturated carbocycles. The zero-order chi connectivity index (χ0) is 17.6. The fraction of sp³-hybridized carbons (Fsp3) is 0.0526. The van der Waals surface area contributed by atoms with E-state index in [1.807, 2.05) is 30.3 Å². The van der Waals surface area contributed by atoms with E-state index in [4.69, 9.17) is 10.5 Å². The first-order chi connectivity index (χ1) is 12.1. The van der Waals surface area contributed by atoms with Crippen LogP contribution in [0.2, 0.25) is 0 Å². The molecular formula is C19H11FN2O2S.